The number of fused-ring (bicyclic) bond motifs is 1. The normalized spacial score (nSPS) is 11.1. The molecule has 0 saturated carbocycles. The van der Waals surface area contributed by atoms with Gasteiger partial charge in [-0.2, -0.15) is 0 Å². The number of pyridine rings is 1. The van der Waals surface area contributed by atoms with Gasteiger partial charge in [-0.1, -0.05) is 23.8 Å². The average molecular weight is 316 g/mol. The van der Waals surface area contributed by atoms with Crippen LogP contribution in [0.4, 0.5) is 5.69 Å². The summed E-state index contributed by atoms with van der Waals surface area (Å²) in [6.45, 7) is 4.02. The van der Waals surface area contributed by atoms with E-state index in [1.165, 1.54) is 5.56 Å². The van der Waals surface area contributed by atoms with Crippen molar-refractivity contribution in [1.82, 2.24) is 15.2 Å². The molecule has 2 aromatic carbocycles. The molecule has 2 heterocycles. The third-order valence-electron chi connectivity index (χ3n) is 4.02. The van der Waals surface area contributed by atoms with E-state index >= 15 is 0 Å². The fourth-order valence-electron chi connectivity index (χ4n) is 2.58. The fourth-order valence-corrected chi connectivity index (χ4v) is 2.58. The molecule has 0 amide bonds. The Morgan fingerprint density at radius 1 is 0.875 bits per heavy atom. The first-order chi connectivity index (χ1) is 11.6. The number of anilines is 1. The molecule has 0 saturated heterocycles. The summed E-state index contributed by atoms with van der Waals surface area (Å²) in [4.78, 5) is 4.60. The second-order valence-corrected chi connectivity index (χ2v) is 5.88. The van der Waals surface area contributed by atoms with Crippen molar-refractivity contribution in [2.45, 2.75) is 13.8 Å². The molecule has 5 heteroatoms. The molecule has 0 atom stereocenters. The van der Waals surface area contributed by atoms with E-state index in [0.29, 0.717) is 23.2 Å². The Bertz CT molecular complexity index is 1050. The van der Waals surface area contributed by atoms with Crippen molar-refractivity contribution in [1.29, 1.82) is 0 Å². The minimum absolute atomic E-state index is 0.395. The zero-order valence-electron chi connectivity index (χ0n) is 13.4. The van der Waals surface area contributed by atoms with E-state index in [4.69, 9.17) is 10.2 Å². The summed E-state index contributed by atoms with van der Waals surface area (Å²) in [6.07, 6.45) is 0. The lowest BCUT2D eigenvalue weighted by Crippen LogP contribution is -1.89. The first kappa shape index (κ1) is 14.4. The Morgan fingerprint density at radius 2 is 1.71 bits per heavy atom. The van der Waals surface area contributed by atoms with Gasteiger partial charge in [0.2, 0.25) is 5.89 Å². The van der Waals surface area contributed by atoms with E-state index in [9.17, 15) is 0 Å². The first-order valence-electron chi connectivity index (χ1n) is 7.68. The van der Waals surface area contributed by atoms with Crippen LogP contribution >= 0.6 is 0 Å². The van der Waals surface area contributed by atoms with E-state index in [0.717, 1.165) is 22.0 Å². The van der Waals surface area contributed by atoms with E-state index in [1.54, 1.807) is 0 Å². The highest BCUT2D eigenvalue weighted by Gasteiger charge is 2.12. The molecule has 0 radical (unpaired) electrons. The highest BCUT2D eigenvalue weighted by Crippen LogP contribution is 2.26. The maximum atomic E-state index is 5.95. The number of nitrogens with two attached hydrogens (primary N) is 1. The maximum Gasteiger partial charge on any atom is 0.266 e. The summed E-state index contributed by atoms with van der Waals surface area (Å²) in [5, 5.41) is 9.32. The zero-order chi connectivity index (χ0) is 16.7. The van der Waals surface area contributed by atoms with Crippen molar-refractivity contribution >= 4 is 16.6 Å². The SMILES string of the molecule is Cc1ccc2nc(-c3nnc(-c4ccc(C)c(N)c4)o3)ccc2c1. The van der Waals surface area contributed by atoms with Gasteiger partial charge in [0, 0.05) is 16.6 Å². The molecule has 0 unspecified atom stereocenters. The average Bonchev–Trinajstić information content (AvgIpc) is 3.07. The third-order valence-corrected chi connectivity index (χ3v) is 4.02. The van der Waals surface area contributed by atoms with Crippen LogP contribution in [0.2, 0.25) is 0 Å². The Balaban J connectivity index is 1.74. The number of aromatic nitrogens is 3. The van der Waals surface area contributed by atoms with Crippen LogP contribution in [-0.2, 0) is 0 Å². The molecule has 2 N–H and O–H groups in total. The Kier molecular flexibility index (Phi) is 3.27. The largest absolute Gasteiger partial charge is 0.415 e. The molecule has 24 heavy (non-hydrogen) atoms. The van der Waals surface area contributed by atoms with Gasteiger partial charge in [0.05, 0.1) is 5.52 Å². The summed E-state index contributed by atoms with van der Waals surface area (Å²) in [5.74, 6) is 0.828. The monoisotopic (exact) mass is 316 g/mol. The zero-order valence-corrected chi connectivity index (χ0v) is 13.4. The number of benzene rings is 2. The van der Waals surface area contributed by atoms with Gasteiger partial charge < -0.3 is 10.2 Å². The van der Waals surface area contributed by atoms with Gasteiger partial charge in [-0.3, -0.25) is 0 Å². The van der Waals surface area contributed by atoms with Crippen LogP contribution in [0.25, 0.3) is 33.9 Å². The van der Waals surface area contributed by atoms with Gasteiger partial charge >= 0.3 is 0 Å². The minimum atomic E-state index is 0.395. The molecule has 5 nitrogen and oxygen atoms in total. The summed E-state index contributed by atoms with van der Waals surface area (Å²) in [5.41, 5.74) is 11.2. The molecule has 0 aliphatic rings. The van der Waals surface area contributed by atoms with Crippen molar-refractivity contribution in [2.75, 3.05) is 5.73 Å². The van der Waals surface area contributed by atoms with E-state index in [1.807, 2.05) is 49.4 Å². The number of aryl methyl sites for hydroxylation is 2. The number of nitrogens with zero attached hydrogens (tertiary/aromatic N) is 3. The summed E-state index contributed by atoms with van der Waals surface area (Å²) >= 11 is 0. The van der Waals surface area contributed by atoms with Crippen LogP contribution in [0.5, 0.6) is 0 Å². The molecule has 0 spiro atoms. The molecular formula is C19H16N4O. The fraction of sp³-hybridized carbons (Fsp3) is 0.105. The number of nitrogen functional groups attached to an aromatic ring is 1. The van der Waals surface area contributed by atoms with Crippen molar-refractivity contribution in [3.05, 3.63) is 59.7 Å². The smallest absolute Gasteiger partial charge is 0.266 e. The molecule has 0 aliphatic heterocycles. The van der Waals surface area contributed by atoms with Crippen molar-refractivity contribution in [2.24, 2.45) is 0 Å². The lowest BCUT2D eigenvalue weighted by molar-refractivity contribution is 0.582. The molecule has 0 fully saturated rings. The van der Waals surface area contributed by atoms with Gasteiger partial charge in [-0.05, 0) is 49.7 Å². The molecule has 2 aromatic heterocycles. The van der Waals surface area contributed by atoms with Gasteiger partial charge in [0.25, 0.3) is 5.89 Å². The van der Waals surface area contributed by atoms with Crippen LogP contribution < -0.4 is 5.73 Å². The van der Waals surface area contributed by atoms with Crippen LogP contribution in [0.1, 0.15) is 11.1 Å². The Hall–Kier alpha value is -3.21. The minimum Gasteiger partial charge on any atom is -0.415 e. The molecule has 4 aromatic rings. The molecule has 4 rings (SSSR count). The van der Waals surface area contributed by atoms with Gasteiger partial charge in [0.15, 0.2) is 0 Å². The van der Waals surface area contributed by atoms with Crippen molar-refractivity contribution < 1.29 is 4.42 Å². The summed E-state index contributed by atoms with van der Waals surface area (Å²) < 4.78 is 5.78. The Morgan fingerprint density at radius 3 is 2.54 bits per heavy atom. The van der Waals surface area contributed by atoms with Crippen LogP contribution in [0, 0.1) is 13.8 Å². The molecule has 0 aliphatic carbocycles. The van der Waals surface area contributed by atoms with E-state index < -0.39 is 0 Å². The lowest BCUT2D eigenvalue weighted by atomic mass is 10.1. The highest BCUT2D eigenvalue weighted by molar-refractivity contribution is 5.81. The van der Waals surface area contributed by atoms with Crippen LogP contribution in [0.3, 0.4) is 0 Å². The lowest BCUT2D eigenvalue weighted by Gasteiger charge is -2.01. The third kappa shape index (κ3) is 2.50. The maximum absolute atomic E-state index is 5.95. The number of hydrogen-bond acceptors (Lipinski definition) is 5. The summed E-state index contributed by atoms with van der Waals surface area (Å²) in [6, 6.07) is 15.7. The summed E-state index contributed by atoms with van der Waals surface area (Å²) in [7, 11) is 0. The van der Waals surface area contributed by atoms with E-state index in [-0.39, 0.29) is 0 Å². The van der Waals surface area contributed by atoms with Crippen molar-refractivity contribution in [3.63, 3.8) is 0 Å². The second-order valence-electron chi connectivity index (χ2n) is 5.88. The molecule has 0 bridgehead atoms. The molecule has 118 valence electrons. The van der Waals surface area contributed by atoms with Gasteiger partial charge in [-0.25, -0.2) is 4.98 Å². The van der Waals surface area contributed by atoms with Gasteiger partial charge in [-0.15, -0.1) is 10.2 Å². The predicted molar refractivity (Wildman–Crippen MR) is 94.4 cm³/mol. The molecular weight excluding hydrogens is 300 g/mol. The predicted octanol–water partition coefficient (Wildman–Crippen LogP) is 4.15. The van der Waals surface area contributed by atoms with Crippen molar-refractivity contribution in [3.8, 4) is 23.0 Å². The van der Waals surface area contributed by atoms with Crippen LogP contribution in [0.15, 0.2) is 52.9 Å². The first-order valence-corrected chi connectivity index (χ1v) is 7.68. The highest BCUT2D eigenvalue weighted by atomic mass is 16.4. The Labute approximate surface area is 139 Å². The standard InChI is InChI=1S/C19H16N4O/c1-11-3-7-16-13(9-11)6-8-17(21-16)19-23-22-18(24-19)14-5-4-12(2)15(20)10-14/h3-10H,20H2,1-2H3. The number of hydrogen-bond donors (Lipinski definition) is 1. The van der Waals surface area contributed by atoms with Crippen LogP contribution in [-0.4, -0.2) is 15.2 Å². The second kappa shape index (κ2) is 5.45. The quantitative estimate of drug-likeness (QED) is 0.562. The number of rotatable bonds is 2. The van der Waals surface area contributed by atoms with Gasteiger partial charge in [0.1, 0.15) is 5.69 Å². The topological polar surface area (TPSA) is 77.8 Å². The van der Waals surface area contributed by atoms with E-state index in [2.05, 4.69) is 28.2 Å².